The van der Waals surface area contributed by atoms with Crippen molar-refractivity contribution in [1.29, 1.82) is 0 Å². The number of alkyl carbamates (subject to hydrolysis) is 1. The maximum atomic E-state index is 11.9. The fraction of sp³-hybridized carbons (Fsp3) is 0.529. The van der Waals surface area contributed by atoms with E-state index in [1.165, 1.54) is 0 Å². The Kier molecular flexibility index (Phi) is 7.06. The quantitative estimate of drug-likeness (QED) is 0.773. The second-order valence-corrected chi connectivity index (χ2v) is 7.42. The smallest absolute Gasteiger partial charge is 0.407 e. The molecule has 6 heteroatoms. The number of hydrogen-bond donors (Lipinski definition) is 2. The number of aryl methyl sites for hydroxylation is 1. The molecule has 0 radical (unpaired) electrons. The molecule has 0 aliphatic rings. The first-order chi connectivity index (χ1) is 10.6. The molecular formula is C17H24BrNO4. The van der Waals surface area contributed by atoms with Gasteiger partial charge in [0.25, 0.3) is 0 Å². The highest BCUT2D eigenvalue weighted by Crippen LogP contribution is 2.19. The van der Waals surface area contributed by atoms with E-state index in [1.807, 2.05) is 25.1 Å². The molecule has 1 amide bonds. The van der Waals surface area contributed by atoms with Crippen LogP contribution in [0.15, 0.2) is 22.7 Å². The van der Waals surface area contributed by atoms with Crippen LogP contribution < -0.4 is 5.32 Å². The van der Waals surface area contributed by atoms with Crippen LogP contribution in [0.5, 0.6) is 0 Å². The van der Waals surface area contributed by atoms with E-state index in [0.29, 0.717) is 12.8 Å². The molecule has 1 atom stereocenters. The van der Waals surface area contributed by atoms with Crippen molar-refractivity contribution in [3.63, 3.8) is 0 Å². The average Bonchev–Trinajstić information content (AvgIpc) is 2.38. The van der Waals surface area contributed by atoms with Gasteiger partial charge in [-0.1, -0.05) is 28.1 Å². The third kappa shape index (κ3) is 8.02. The molecule has 1 aromatic rings. The van der Waals surface area contributed by atoms with Crippen LogP contribution in [0.3, 0.4) is 0 Å². The highest BCUT2D eigenvalue weighted by molar-refractivity contribution is 9.10. The van der Waals surface area contributed by atoms with Crippen molar-refractivity contribution in [3.05, 3.63) is 33.8 Å². The number of nitrogens with one attached hydrogen (secondary N) is 1. The molecule has 0 spiro atoms. The van der Waals surface area contributed by atoms with Gasteiger partial charge in [0.05, 0.1) is 0 Å². The van der Waals surface area contributed by atoms with E-state index in [1.54, 1.807) is 20.8 Å². The summed E-state index contributed by atoms with van der Waals surface area (Å²) in [5, 5.41) is 11.7. The first-order valence-electron chi connectivity index (χ1n) is 7.53. The van der Waals surface area contributed by atoms with Crippen LogP contribution in [-0.4, -0.2) is 28.8 Å². The molecule has 5 nitrogen and oxygen atoms in total. The zero-order valence-electron chi connectivity index (χ0n) is 14.0. The molecule has 23 heavy (non-hydrogen) atoms. The van der Waals surface area contributed by atoms with Gasteiger partial charge in [-0.15, -0.1) is 0 Å². The second-order valence-electron chi connectivity index (χ2n) is 6.56. The Bertz CT molecular complexity index is 566. The van der Waals surface area contributed by atoms with Crippen LogP contribution >= 0.6 is 15.9 Å². The molecular weight excluding hydrogens is 362 g/mol. The number of benzene rings is 1. The van der Waals surface area contributed by atoms with E-state index < -0.39 is 17.7 Å². The Morgan fingerprint density at radius 1 is 1.35 bits per heavy atom. The van der Waals surface area contributed by atoms with Gasteiger partial charge >= 0.3 is 12.1 Å². The monoisotopic (exact) mass is 385 g/mol. The third-order valence-corrected chi connectivity index (χ3v) is 4.02. The first-order valence-corrected chi connectivity index (χ1v) is 8.32. The van der Waals surface area contributed by atoms with Crippen molar-refractivity contribution < 1.29 is 19.4 Å². The summed E-state index contributed by atoms with van der Waals surface area (Å²) in [6, 6.07) is 5.64. The standard InChI is InChI=1S/C17H24BrNO4/c1-11-9-12(5-7-14(11)18)10-13(6-8-15(20)21)19-16(22)23-17(2,3)4/h5,7,9,13H,6,8,10H2,1-4H3,(H,19,22)(H,20,21). The van der Waals surface area contributed by atoms with E-state index in [-0.39, 0.29) is 12.5 Å². The fourth-order valence-corrected chi connectivity index (χ4v) is 2.36. The SMILES string of the molecule is Cc1cc(CC(CCC(=O)O)NC(=O)OC(C)(C)C)ccc1Br. The second kappa shape index (κ2) is 8.34. The molecule has 0 saturated carbocycles. The number of ether oxygens (including phenoxy) is 1. The van der Waals surface area contributed by atoms with E-state index in [4.69, 9.17) is 9.84 Å². The molecule has 128 valence electrons. The molecule has 0 bridgehead atoms. The van der Waals surface area contributed by atoms with Gasteiger partial charge in [0.15, 0.2) is 0 Å². The van der Waals surface area contributed by atoms with Crippen molar-refractivity contribution in [2.24, 2.45) is 0 Å². The predicted molar refractivity (Wildman–Crippen MR) is 92.6 cm³/mol. The van der Waals surface area contributed by atoms with Gasteiger partial charge in [-0.05, 0) is 57.7 Å². The zero-order chi connectivity index (χ0) is 17.6. The predicted octanol–water partition coefficient (Wildman–Crippen LogP) is 4.06. The molecule has 0 saturated heterocycles. The van der Waals surface area contributed by atoms with Crippen LogP contribution in [0.2, 0.25) is 0 Å². The van der Waals surface area contributed by atoms with Gasteiger partial charge in [0.1, 0.15) is 5.60 Å². The van der Waals surface area contributed by atoms with Crippen molar-refractivity contribution in [3.8, 4) is 0 Å². The fourth-order valence-electron chi connectivity index (χ4n) is 2.12. The molecule has 2 N–H and O–H groups in total. The number of amides is 1. The Morgan fingerprint density at radius 2 is 2.00 bits per heavy atom. The number of carbonyl (C=O) groups is 2. The normalized spacial score (nSPS) is 12.6. The van der Waals surface area contributed by atoms with E-state index in [2.05, 4.69) is 21.2 Å². The van der Waals surface area contributed by atoms with E-state index in [9.17, 15) is 9.59 Å². The Balaban J connectivity index is 2.76. The van der Waals surface area contributed by atoms with Crippen molar-refractivity contribution in [2.45, 2.75) is 58.6 Å². The maximum absolute atomic E-state index is 11.9. The largest absolute Gasteiger partial charge is 0.481 e. The summed E-state index contributed by atoms with van der Waals surface area (Å²) >= 11 is 3.45. The highest BCUT2D eigenvalue weighted by atomic mass is 79.9. The Labute approximate surface area is 145 Å². The van der Waals surface area contributed by atoms with Crippen molar-refractivity contribution >= 4 is 28.0 Å². The summed E-state index contributed by atoms with van der Waals surface area (Å²) in [6.45, 7) is 7.35. The number of rotatable bonds is 6. The summed E-state index contributed by atoms with van der Waals surface area (Å²) in [6.07, 6.45) is 0.377. The van der Waals surface area contributed by atoms with Gasteiger partial charge in [-0.3, -0.25) is 4.79 Å². The summed E-state index contributed by atoms with van der Waals surface area (Å²) in [7, 11) is 0. The van der Waals surface area contributed by atoms with Gasteiger partial charge < -0.3 is 15.2 Å². The van der Waals surface area contributed by atoms with Crippen LogP contribution in [-0.2, 0) is 16.0 Å². The molecule has 0 fully saturated rings. The van der Waals surface area contributed by atoms with Crippen LogP contribution in [0, 0.1) is 6.92 Å². The zero-order valence-corrected chi connectivity index (χ0v) is 15.6. The summed E-state index contributed by atoms with van der Waals surface area (Å²) in [5.74, 6) is -0.882. The first kappa shape index (κ1) is 19.5. The molecule has 0 aliphatic heterocycles. The lowest BCUT2D eigenvalue weighted by atomic mass is 10.0. The minimum Gasteiger partial charge on any atom is -0.481 e. The van der Waals surface area contributed by atoms with Gasteiger partial charge in [-0.2, -0.15) is 0 Å². The topological polar surface area (TPSA) is 75.6 Å². The molecule has 0 aliphatic carbocycles. The molecule has 0 heterocycles. The summed E-state index contributed by atoms with van der Waals surface area (Å²) < 4.78 is 6.27. The number of aliphatic carboxylic acids is 1. The Morgan fingerprint density at radius 3 is 2.52 bits per heavy atom. The minimum absolute atomic E-state index is 0.00399. The Hall–Kier alpha value is -1.56. The maximum Gasteiger partial charge on any atom is 0.407 e. The molecule has 0 aromatic heterocycles. The summed E-state index contributed by atoms with van der Waals surface area (Å²) in [5.41, 5.74) is 1.55. The number of halogens is 1. The van der Waals surface area contributed by atoms with Gasteiger partial charge in [0.2, 0.25) is 0 Å². The lowest BCUT2D eigenvalue weighted by Gasteiger charge is -2.23. The average molecular weight is 386 g/mol. The van der Waals surface area contributed by atoms with Crippen LogP contribution in [0.25, 0.3) is 0 Å². The van der Waals surface area contributed by atoms with Crippen LogP contribution in [0.1, 0.15) is 44.7 Å². The molecule has 1 aromatic carbocycles. The molecule has 1 unspecified atom stereocenters. The van der Waals surface area contributed by atoms with E-state index in [0.717, 1.165) is 15.6 Å². The number of carboxylic acids is 1. The number of hydrogen-bond acceptors (Lipinski definition) is 3. The highest BCUT2D eigenvalue weighted by Gasteiger charge is 2.20. The number of carbonyl (C=O) groups excluding carboxylic acids is 1. The summed E-state index contributed by atoms with van der Waals surface area (Å²) in [4.78, 5) is 22.8. The third-order valence-electron chi connectivity index (χ3n) is 3.13. The van der Waals surface area contributed by atoms with Gasteiger partial charge in [-0.25, -0.2) is 4.79 Å². The van der Waals surface area contributed by atoms with Crippen molar-refractivity contribution in [1.82, 2.24) is 5.32 Å². The van der Waals surface area contributed by atoms with Crippen molar-refractivity contribution in [2.75, 3.05) is 0 Å². The van der Waals surface area contributed by atoms with Gasteiger partial charge in [0, 0.05) is 16.9 Å². The lowest BCUT2D eigenvalue weighted by Crippen LogP contribution is -2.40. The number of carboxylic acid groups (broad SMARTS) is 1. The van der Waals surface area contributed by atoms with E-state index >= 15 is 0 Å². The van der Waals surface area contributed by atoms with Crippen LogP contribution in [0.4, 0.5) is 4.79 Å². The minimum atomic E-state index is -0.882. The lowest BCUT2D eigenvalue weighted by molar-refractivity contribution is -0.137. The molecule has 1 rings (SSSR count).